The van der Waals surface area contributed by atoms with Gasteiger partial charge in [-0.05, 0) is 30.0 Å². The largest absolute Gasteiger partial charge is 0.464 e. The van der Waals surface area contributed by atoms with Crippen LogP contribution in [0.5, 0.6) is 0 Å². The zero-order valence-electron chi connectivity index (χ0n) is 11.6. The Kier molecular flexibility index (Phi) is 5.12. The summed E-state index contributed by atoms with van der Waals surface area (Å²) in [6.07, 6.45) is 0. The lowest BCUT2D eigenvalue weighted by molar-refractivity contribution is 0.0594. The molecule has 0 bridgehead atoms. The molecule has 2 aromatic rings. The number of aromatic nitrogens is 1. The van der Waals surface area contributed by atoms with Crippen molar-refractivity contribution in [3.05, 3.63) is 47.8 Å². The van der Waals surface area contributed by atoms with E-state index in [1.54, 1.807) is 17.8 Å². The summed E-state index contributed by atoms with van der Waals surface area (Å²) in [5.74, 6) is 0.687. The topological polar surface area (TPSA) is 54.1 Å². The van der Waals surface area contributed by atoms with Gasteiger partial charge in [0, 0.05) is 16.3 Å². The highest BCUT2D eigenvalue weighted by atomic mass is 32.2. The summed E-state index contributed by atoms with van der Waals surface area (Å²) in [6, 6.07) is 11.8. The molecule has 4 nitrogen and oxygen atoms in total. The summed E-state index contributed by atoms with van der Waals surface area (Å²) in [7, 11) is 1.37. The summed E-state index contributed by atoms with van der Waals surface area (Å²) in [4.78, 5) is 15.6. The van der Waals surface area contributed by atoms with E-state index in [0.717, 1.165) is 17.1 Å². The van der Waals surface area contributed by atoms with E-state index in [1.165, 1.54) is 12.0 Å². The van der Waals surface area contributed by atoms with Crippen molar-refractivity contribution in [2.24, 2.45) is 0 Å². The van der Waals surface area contributed by atoms with Crippen molar-refractivity contribution in [1.82, 2.24) is 4.98 Å². The van der Waals surface area contributed by atoms with E-state index in [2.05, 4.69) is 34.1 Å². The number of benzene rings is 1. The second-order valence-corrected chi connectivity index (χ2v) is 5.48. The van der Waals surface area contributed by atoms with E-state index in [1.807, 2.05) is 18.2 Å². The van der Waals surface area contributed by atoms with Gasteiger partial charge in [0.2, 0.25) is 0 Å². The minimum Gasteiger partial charge on any atom is -0.464 e. The normalized spacial score (nSPS) is 10.3. The Morgan fingerprint density at radius 3 is 2.85 bits per heavy atom. The fourth-order valence-corrected chi connectivity index (χ4v) is 2.64. The summed E-state index contributed by atoms with van der Waals surface area (Å²) < 4.78 is 4.67. The predicted molar refractivity (Wildman–Crippen MR) is 82.3 cm³/mol. The Labute approximate surface area is 122 Å². The third-order valence-corrected chi connectivity index (χ3v) is 3.76. The van der Waals surface area contributed by atoms with Crippen molar-refractivity contribution in [2.75, 3.05) is 18.2 Å². The van der Waals surface area contributed by atoms with Crippen LogP contribution in [-0.2, 0) is 11.3 Å². The number of nitrogens with one attached hydrogen (secondary N) is 2. The first-order chi connectivity index (χ1) is 9.74. The maximum atomic E-state index is 11.4. The zero-order chi connectivity index (χ0) is 14.4. The molecule has 5 heteroatoms. The lowest BCUT2D eigenvalue weighted by atomic mass is 10.3. The quantitative estimate of drug-likeness (QED) is 0.631. The van der Waals surface area contributed by atoms with Crippen molar-refractivity contribution in [2.45, 2.75) is 18.4 Å². The standard InChI is InChI=1S/C15H18N2O2S/c1-3-20-14-7-5-4-6-12(14)16-10-11-8-9-13(17-11)15(18)19-2/h4-9,16-17H,3,10H2,1-2H3. The molecule has 20 heavy (non-hydrogen) atoms. The fourth-order valence-electron chi connectivity index (χ4n) is 1.86. The Morgan fingerprint density at radius 2 is 2.10 bits per heavy atom. The van der Waals surface area contributed by atoms with Gasteiger partial charge in [0.25, 0.3) is 0 Å². The summed E-state index contributed by atoms with van der Waals surface area (Å²) >= 11 is 1.80. The van der Waals surface area contributed by atoms with Gasteiger partial charge < -0.3 is 15.0 Å². The molecule has 0 unspecified atom stereocenters. The number of hydrogen-bond acceptors (Lipinski definition) is 4. The first-order valence-electron chi connectivity index (χ1n) is 6.46. The first kappa shape index (κ1) is 14.5. The minimum absolute atomic E-state index is 0.349. The molecule has 0 spiro atoms. The molecule has 2 N–H and O–H groups in total. The molecule has 0 amide bonds. The number of thioether (sulfide) groups is 1. The maximum absolute atomic E-state index is 11.4. The second kappa shape index (κ2) is 7.05. The molecule has 0 aliphatic rings. The number of hydrogen-bond donors (Lipinski definition) is 2. The number of para-hydroxylation sites is 1. The Morgan fingerprint density at radius 1 is 1.30 bits per heavy atom. The van der Waals surface area contributed by atoms with Crippen LogP contribution in [0.2, 0.25) is 0 Å². The van der Waals surface area contributed by atoms with Crippen LogP contribution in [0.1, 0.15) is 23.1 Å². The van der Waals surface area contributed by atoms with E-state index in [4.69, 9.17) is 0 Å². The van der Waals surface area contributed by atoms with Gasteiger partial charge >= 0.3 is 5.97 Å². The monoisotopic (exact) mass is 290 g/mol. The highest BCUT2D eigenvalue weighted by Crippen LogP contribution is 2.26. The molecular weight excluding hydrogens is 272 g/mol. The third kappa shape index (κ3) is 3.57. The van der Waals surface area contributed by atoms with Gasteiger partial charge in [-0.2, -0.15) is 0 Å². The second-order valence-electron chi connectivity index (χ2n) is 4.17. The van der Waals surface area contributed by atoms with E-state index >= 15 is 0 Å². The molecule has 106 valence electrons. The number of carbonyl (C=O) groups excluding carboxylic acids is 1. The SMILES string of the molecule is CCSc1ccccc1NCc1ccc(C(=O)OC)[nH]1. The molecule has 0 saturated carbocycles. The van der Waals surface area contributed by atoms with E-state index in [0.29, 0.717) is 12.2 Å². The molecule has 1 aromatic carbocycles. The Hall–Kier alpha value is -1.88. The molecule has 0 atom stereocenters. The lowest BCUT2D eigenvalue weighted by Crippen LogP contribution is -2.04. The number of rotatable bonds is 6. The number of ether oxygens (including phenoxy) is 1. The van der Waals surface area contributed by atoms with Crippen molar-refractivity contribution in [1.29, 1.82) is 0 Å². The summed E-state index contributed by atoms with van der Waals surface area (Å²) in [6.45, 7) is 2.77. The van der Waals surface area contributed by atoms with Crippen LogP contribution in [-0.4, -0.2) is 23.8 Å². The van der Waals surface area contributed by atoms with Crippen LogP contribution in [0.3, 0.4) is 0 Å². The molecular formula is C15H18N2O2S. The Bertz CT molecular complexity index is 581. The van der Waals surface area contributed by atoms with Crippen molar-refractivity contribution in [3.63, 3.8) is 0 Å². The first-order valence-corrected chi connectivity index (χ1v) is 7.45. The van der Waals surface area contributed by atoms with Crippen LogP contribution in [0.25, 0.3) is 0 Å². The zero-order valence-corrected chi connectivity index (χ0v) is 12.4. The highest BCUT2D eigenvalue weighted by molar-refractivity contribution is 7.99. The van der Waals surface area contributed by atoms with Crippen LogP contribution in [0.4, 0.5) is 5.69 Å². The van der Waals surface area contributed by atoms with Gasteiger partial charge in [-0.1, -0.05) is 19.1 Å². The van der Waals surface area contributed by atoms with Crippen LogP contribution < -0.4 is 5.32 Å². The summed E-state index contributed by atoms with van der Waals surface area (Å²) in [5.41, 5.74) is 2.52. The molecule has 1 aromatic heterocycles. The number of H-pyrrole nitrogens is 1. The predicted octanol–water partition coefficient (Wildman–Crippen LogP) is 3.53. The van der Waals surface area contributed by atoms with E-state index in [9.17, 15) is 4.79 Å². The Balaban J connectivity index is 2.02. The third-order valence-electron chi connectivity index (χ3n) is 2.81. The molecule has 0 radical (unpaired) electrons. The van der Waals surface area contributed by atoms with E-state index in [-0.39, 0.29) is 5.97 Å². The van der Waals surface area contributed by atoms with Gasteiger partial charge in [-0.15, -0.1) is 11.8 Å². The average Bonchev–Trinajstić information content (AvgIpc) is 2.95. The maximum Gasteiger partial charge on any atom is 0.354 e. The number of carbonyl (C=O) groups is 1. The average molecular weight is 290 g/mol. The molecule has 0 aliphatic carbocycles. The van der Waals surface area contributed by atoms with Crippen LogP contribution in [0.15, 0.2) is 41.3 Å². The lowest BCUT2D eigenvalue weighted by Gasteiger charge is -2.10. The van der Waals surface area contributed by atoms with Crippen molar-refractivity contribution < 1.29 is 9.53 Å². The number of anilines is 1. The number of esters is 1. The van der Waals surface area contributed by atoms with Gasteiger partial charge in [0.15, 0.2) is 0 Å². The van der Waals surface area contributed by atoms with Crippen LogP contribution >= 0.6 is 11.8 Å². The minimum atomic E-state index is -0.349. The van der Waals surface area contributed by atoms with Crippen molar-refractivity contribution in [3.8, 4) is 0 Å². The molecule has 0 saturated heterocycles. The number of aromatic amines is 1. The number of methoxy groups -OCH3 is 1. The van der Waals surface area contributed by atoms with Gasteiger partial charge in [-0.3, -0.25) is 0 Å². The van der Waals surface area contributed by atoms with Crippen LogP contribution in [0, 0.1) is 0 Å². The van der Waals surface area contributed by atoms with Gasteiger partial charge in [0.1, 0.15) is 5.69 Å². The molecule has 1 heterocycles. The van der Waals surface area contributed by atoms with Gasteiger partial charge in [0.05, 0.1) is 13.7 Å². The highest BCUT2D eigenvalue weighted by Gasteiger charge is 2.08. The fraction of sp³-hybridized carbons (Fsp3) is 0.267. The summed E-state index contributed by atoms with van der Waals surface area (Å²) in [5, 5.41) is 3.38. The molecule has 0 fully saturated rings. The smallest absolute Gasteiger partial charge is 0.354 e. The molecule has 2 rings (SSSR count). The van der Waals surface area contributed by atoms with Gasteiger partial charge in [-0.25, -0.2) is 4.79 Å². The molecule has 0 aliphatic heterocycles. The van der Waals surface area contributed by atoms with Crippen molar-refractivity contribution >= 4 is 23.4 Å². The van der Waals surface area contributed by atoms with E-state index < -0.39 is 0 Å².